The molecule has 0 aliphatic carbocycles. The molecule has 160 valence electrons. The number of nitro benzene ring substituents is 2. The number of amides is 1. The molecule has 0 aliphatic rings. The molecule has 14 heteroatoms. The van der Waals surface area contributed by atoms with Gasteiger partial charge in [0.25, 0.3) is 5.69 Å². The van der Waals surface area contributed by atoms with E-state index >= 15 is 0 Å². The summed E-state index contributed by atoms with van der Waals surface area (Å²) >= 11 is 2.43. The number of nitro groups is 2. The molecule has 12 nitrogen and oxygen atoms in total. The smallest absolute Gasteiger partial charge is 0.300 e. The maximum Gasteiger partial charge on any atom is 0.300 e. The van der Waals surface area contributed by atoms with Crippen LogP contribution in [0.1, 0.15) is 5.56 Å². The number of carbonyl (C=O) groups excluding carboxylic acids is 1. The quantitative estimate of drug-likeness (QED) is 0.243. The molecule has 0 saturated heterocycles. The fourth-order valence-corrected chi connectivity index (χ4v) is 3.90. The lowest BCUT2D eigenvalue weighted by Crippen LogP contribution is -2.31. The number of non-ortho nitro benzene ring substituents is 1. The van der Waals surface area contributed by atoms with Crippen molar-refractivity contribution in [2.45, 2.75) is 11.3 Å². The average molecular weight is 461 g/mol. The number of nitrogens with zero attached hydrogens (tertiary/aromatic N) is 4. The Hall–Kier alpha value is -3.78. The summed E-state index contributed by atoms with van der Waals surface area (Å²) in [5, 5.41) is 33.7. The molecule has 3 N–H and O–H groups in total. The highest BCUT2D eigenvalue weighted by Crippen LogP contribution is 2.29. The second-order valence-corrected chi connectivity index (χ2v) is 8.19. The van der Waals surface area contributed by atoms with E-state index in [-0.39, 0.29) is 11.4 Å². The Morgan fingerprint density at radius 2 is 1.87 bits per heavy atom. The van der Waals surface area contributed by atoms with E-state index in [1.807, 2.05) is 31.2 Å². The number of hydrazine groups is 1. The van der Waals surface area contributed by atoms with Gasteiger partial charge in [0.05, 0.1) is 21.7 Å². The molecule has 31 heavy (non-hydrogen) atoms. The van der Waals surface area contributed by atoms with Crippen molar-refractivity contribution in [3.63, 3.8) is 0 Å². The molecule has 0 fully saturated rings. The highest BCUT2D eigenvalue weighted by molar-refractivity contribution is 8.01. The molecule has 1 aromatic heterocycles. The first-order valence-corrected chi connectivity index (χ1v) is 10.4. The third-order valence-electron chi connectivity index (χ3n) is 3.85. The molecule has 2 aromatic carbocycles. The molecule has 0 spiro atoms. The summed E-state index contributed by atoms with van der Waals surface area (Å²) in [6.07, 6.45) is 0. The minimum Gasteiger partial charge on any atom is -0.330 e. The molecule has 1 amide bonds. The number of rotatable bonds is 9. The number of aryl methyl sites for hydroxylation is 1. The Kier molecular flexibility index (Phi) is 6.94. The van der Waals surface area contributed by atoms with Crippen molar-refractivity contribution >= 4 is 56.9 Å². The van der Waals surface area contributed by atoms with Crippen LogP contribution in [0.4, 0.5) is 27.9 Å². The van der Waals surface area contributed by atoms with Crippen LogP contribution in [0.2, 0.25) is 0 Å². The van der Waals surface area contributed by atoms with E-state index in [0.29, 0.717) is 9.47 Å². The SMILES string of the molecule is Cc1ccccc1Nc1nnc(SCC(=O)NNc2ccc([N+](=O)[O-])cc2[N+](=O)[O-])s1. The van der Waals surface area contributed by atoms with Crippen LogP contribution in [0.15, 0.2) is 46.8 Å². The number of benzene rings is 2. The fraction of sp³-hybridized carbons (Fsp3) is 0.118. The molecule has 3 aromatic rings. The molecule has 3 rings (SSSR count). The Morgan fingerprint density at radius 3 is 2.58 bits per heavy atom. The second kappa shape index (κ2) is 9.82. The van der Waals surface area contributed by atoms with E-state index in [4.69, 9.17) is 0 Å². The van der Waals surface area contributed by atoms with Crippen LogP contribution in [0, 0.1) is 27.2 Å². The van der Waals surface area contributed by atoms with Gasteiger partial charge in [-0.25, -0.2) is 0 Å². The summed E-state index contributed by atoms with van der Waals surface area (Å²) in [7, 11) is 0. The maximum absolute atomic E-state index is 12.1. The Bertz CT molecular complexity index is 1140. The van der Waals surface area contributed by atoms with Crippen LogP contribution in [-0.2, 0) is 4.79 Å². The van der Waals surface area contributed by atoms with Crippen molar-refractivity contribution in [3.05, 3.63) is 68.3 Å². The Balaban J connectivity index is 1.53. The van der Waals surface area contributed by atoms with Crippen LogP contribution >= 0.6 is 23.1 Å². The number of aromatic nitrogens is 2. The summed E-state index contributed by atoms with van der Waals surface area (Å²) < 4.78 is 0.563. The highest BCUT2D eigenvalue weighted by atomic mass is 32.2. The van der Waals surface area contributed by atoms with Gasteiger partial charge >= 0.3 is 5.69 Å². The predicted molar refractivity (Wildman–Crippen MR) is 117 cm³/mol. The average Bonchev–Trinajstić information content (AvgIpc) is 3.19. The number of anilines is 3. The molecule has 0 atom stereocenters. The van der Waals surface area contributed by atoms with E-state index in [1.54, 1.807) is 0 Å². The zero-order chi connectivity index (χ0) is 22.4. The third kappa shape index (κ3) is 5.86. The summed E-state index contributed by atoms with van der Waals surface area (Å²) in [4.78, 5) is 32.4. The number of hydrogen-bond donors (Lipinski definition) is 3. The monoisotopic (exact) mass is 461 g/mol. The lowest BCUT2D eigenvalue weighted by Gasteiger charge is -2.08. The second-order valence-electron chi connectivity index (χ2n) is 5.99. The zero-order valence-electron chi connectivity index (χ0n) is 15.9. The van der Waals surface area contributed by atoms with Gasteiger partial charge in [-0.2, -0.15) is 0 Å². The minimum absolute atomic E-state index is 0.0211. The van der Waals surface area contributed by atoms with Crippen molar-refractivity contribution in [3.8, 4) is 0 Å². The number of nitrogens with one attached hydrogen (secondary N) is 3. The zero-order valence-corrected chi connectivity index (χ0v) is 17.5. The van der Waals surface area contributed by atoms with E-state index in [1.165, 1.54) is 11.3 Å². The molecule has 1 heterocycles. The first-order valence-electron chi connectivity index (χ1n) is 8.60. The van der Waals surface area contributed by atoms with Gasteiger partial charge in [0.15, 0.2) is 4.34 Å². The van der Waals surface area contributed by atoms with Crippen molar-refractivity contribution in [2.24, 2.45) is 0 Å². The van der Waals surface area contributed by atoms with Crippen LogP contribution in [-0.4, -0.2) is 31.7 Å². The van der Waals surface area contributed by atoms with Crippen molar-refractivity contribution in [1.29, 1.82) is 0 Å². The third-order valence-corrected chi connectivity index (χ3v) is 5.82. The first-order chi connectivity index (χ1) is 14.8. The Morgan fingerprint density at radius 1 is 1.10 bits per heavy atom. The topological polar surface area (TPSA) is 165 Å². The van der Waals surface area contributed by atoms with E-state index < -0.39 is 27.1 Å². The Labute approximate surface area is 183 Å². The molecular formula is C17H15N7O5S2. The van der Waals surface area contributed by atoms with Gasteiger partial charge in [0.2, 0.25) is 11.0 Å². The lowest BCUT2D eigenvalue weighted by molar-refractivity contribution is -0.393. The summed E-state index contributed by atoms with van der Waals surface area (Å²) in [6.45, 7) is 1.96. The van der Waals surface area contributed by atoms with Gasteiger partial charge in [-0.05, 0) is 24.6 Å². The molecule has 0 saturated carbocycles. The van der Waals surface area contributed by atoms with Crippen molar-refractivity contribution in [1.82, 2.24) is 15.6 Å². The van der Waals surface area contributed by atoms with E-state index in [0.717, 1.165) is 41.2 Å². The first kappa shape index (κ1) is 21.9. The normalized spacial score (nSPS) is 10.4. The summed E-state index contributed by atoms with van der Waals surface area (Å²) in [6, 6.07) is 10.8. The van der Waals surface area contributed by atoms with Crippen molar-refractivity contribution < 1.29 is 14.6 Å². The van der Waals surface area contributed by atoms with Crippen LogP contribution < -0.4 is 16.2 Å². The molecular weight excluding hydrogens is 446 g/mol. The van der Waals surface area contributed by atoms with Gasteiger partial charge in [-0.3, -0.25) is 35.9 Å². The molecule has 0 unspecified atom stereocenters. The van der Waals surface area contributed by atoms with Crippen molar-refractivity contribution in [2.75, 3.05) is 16.5 Å². The number of para-hydroxylation sites is 1. The number of hydrogen-bond acceptors (Lipinski definition) is 11. The number of thioether (sulfide) groups is 1. The maximum atomic E-state index is 12.1. The van der Waals surface area contributed by atoms with Crippen LogP contribution in [0.3, 0.4) is 0 Å². The van der Waals surface area contributed by atoms with Crippen LogP contribution in [0.5, 0.6) is 0 Å². The molecule has 0 aliphatic heterocycles. The minimum atomic E-state index is -0.777. The lowest BCUT2D eigenvalue weighted by atomic mass is 10.2. The van der Waals surface area contributed by atoms with Gasteiger partial charge in [-0.15, -0.1) is 10.2 Å². The standard InChI is InChI=1S/C17H15N7O5S2/c1-10-4-2-3-5-12(10)18-16-21-22-17(31-16)30-9-15(25)20-19-13-7-6-11(23(26)27)8-14(13)24(28)29/h2-8,19H,9H2,1H3,(H,18,21)(H,20,25). The van der Waals surface area contributed by atoms with Gasteiger partial charge in [0, 0.05) is 11.8 Å². The fourth-order valence-electron chi connectivity index (χ4n) is 2.34. The van der Waals surface area contributed by atoms with E-state index in [9.17, 15) is 25.0 Å². The van der Waals surface area contributed by atoms with E-state index in [2.05, 4.69) is 26.4 Å². The largest absolute Gasteiger partial charge is 0.330 e. The van der Waals surface area contributed by atoms with Gasteiger partial charge in [-0.1, -0.05) is 41.3 Å². The molecule has 0 radical (unpaired) electrons. The predicted octanol–water partition coefficient (Wildman–Crippen LogP) is 3.64. The number of carbonyl (C=O) groups is 1. The van der Waals surface area contributed by atoms with Crippen LogP contribution in [0.25, 0.3) is 0 Å². The van der Waals surface area contributed by atoms with Gasteiger partial charge in [0.1, 0.15) is 5.69 Å². The highest BCUT2D eigenvalue weighted by Gasteiger charge is 2.20. The molecule has 0 bridgehead atoms. The van der Waals surface area contributed by atoms with Gasteiger partial charge < -0.3 is 5.32 Å². The summed E-state index contributed by atoms with van der Waals surface area (Å²) in [5.41, 5.74) is 5.67. The summed E-state index contributed by atoms with van der Waals surface area (Å²) in [5.74, 6) is -0.492.